The standard InChI is InChI=1S/C23H44O2/c1-4-6-8-9-10-11-12-13-14-15-16-17-18-19-20-22(3)23(24)25-21-7-5-2/h3-21H2,1-2H3. The van der Waals surface area contributed by atoms with E-state index in [1.54, 1.807) is 0 Å². The summed E-state index contributed by atoms with van der Waals surface area (Å²) in [6.45, 7) is 8.76. The second kappa shape index (κ2) is 19.5. The minimum Gasteiger partial charge on any atom is -0.462 e. The van der Waals surface area contributed by atoms with E-state index in [9.17, 15) is 4.79 Å². The van der Waals surface area contributed by atoms with Gasteiger partial charge in [0.2, 0.25) is 0 Å². The van der Waals surface area contributed by atoms with Crippen molar-refractivity contribution >= 4 is 5.97 Å². The Hall–Kier alpha value is -0.790. The molecule has 0 radical (unpaired) electrons. The first-order chi connectivity index (χ1) is 12.2. The average Bonchev–Trinajstić information content (AvgIpc) is 2.61. The number of hydrogen-bond acceptors (Lipinski definition) is 2. The van der Waals surface area contributed by atoms with E-state index >= 15 is 0 Å². The Balaban J connectivity index is 3.23. The van der Waals surface area contributed by atoms with Crippen LogP contribution in [-0.4, -0.2) is 12.6 Å². The molecule has 0 aliphatic heterocycles. The quantitative estimate of drug-likeness (QED) is 0.135. The van der Waals surface area contributed by atoms with Gasteiger partial charge in [-0.1, -0.05) is 110 Å². The molecule has 2 heteroatoms. The number of ether oxygens (including phenoxy) is 1. The van der Waals surface area contributed by atoms with Crippen LogP contribution >= 0.6 is 0 Å². The van der Waals surface area contributed by atoms with Gasteiger partial charge in [0.25, 0.3) is 0 Å². The van der Waals surface area contributed by atoms with E-state index in [0.29, 0.717) is 12.2 Å². The van der Waals surface area contributed by atoms with Gasteiger partial charge in [-0.15, -0.1) is 0 Å². The molecule has 0 saturated heterocycles. The summed E-state index contributed by atoms with van der Waals surface area (Å²) in [6.07, 6.45) is 21.8. The normalized spacial score (nSPS) is 10.8. The fourth-order valence-electron chi connectivity index (χ4n) is 3.05. The molecule has 25 heavy (non-hydrogen) atoms. The van der Waals surface area contributed by atoms with Gasteiger partial charge in [-0.05, 0) is 19.3 Å². The zero-order chi connectivity index (χ0) is 18.6. The van der Waals surface area contributed by atoms with E-state index in [4.69, 9.17) is 4.74 Å². The highest BCUT2D eigenvalue weighted by atomic mass is 16.5. The third-order valence-electron chi connectivity index (χ3n) is 4.85. The largest absolute Gasteiger partial charge is 0.462 e. The number of rotatable bonds is 19. The van der Waals surface area contributed by atoms with Gasteiger partial charge in [0, 0.05) is 5.57 Å². The van der Waals surface area contributed by atoms with E-state index in [0.717, 1.165) is 25.7 Å². The molecule has 0 N–H and O–H groups in total. The van der Waals surface area contributed by atoms with Crippen LogP contribution in [0.3, 0.4) is 0 Å². The molecule has 0 aromatic rings. The SMILES string of the molecule is C=C(CCCCCCCCCCCCCCCC)C(=O)OCCCC. The van der Waals surface area contributed by atoms with Crippen LogP contribution in [0.15, 0.2) is 12.2 Å². The lowest BCUT2D eigenvalue weighted by Crippen LogP contribution is -2.08. The molecule has 0 heterocycles. The average molecular weight is 353 g/mol. The fraction of sp³-hybridized carbons (Fsp3) is 0.870. The molecule has 0 unspecified atom stereocenters. The maximum Gasteiger partial charge on any atom is 0.333 e. The Bertz CT molecular complexity index is 309. The molecule has 0 saturated carbocycles. The third-order valence-corrected chi connectivity index (χ3v) is 4.85. The van der Waals surface area contributed by atoms with Crippen LogP contribution in [0.4, 0.5) is 0 Å². The molecule has 0 fully saturated rings. The number of hydrogen-bond donors (Lipinski definition) is 0. The molecule has 0 atom stereocenters. The Morgan fingerprint density at radius 1 is 0.640 bits per heavy atom. The van der Waals surface area contributed by atoms with Crippen molar-refractivity contribution in [1.82, 2.24) is 0 Å². The van der Waals surface area contributed by atoms with Gasteiger partial charge in [-0.2, -0.15) is 0 Å². The van der Waals surface area contributed by atoms with Crippen LogP contribution in [0.1, 0.15) is 123 Å². The van der Waals surface area contributed by atoms with Crippen LogP contribution in [0.2, 0.25) is 0 Å². The van der Waals surface area contributed by atoms with E-state index in [1.165, 1.54) is 83.5 Å². The molecule has 0 aliphatic rings. The van der Waals surface area contributed by atoms with E-state index in [1.807, 2.05) is 0 Å². The molecule has 0 rings (SSSR count). The molecule has 0 aromatic carbocycles. The predicted molar refractivity (Wildman–Crippen MR) is 110 cm³/mol. The number of unbranched alkanes of at least 4 members (excludes halogenated alkanes) is 14. The Kier molecular flexibility index (Phi) is 18.9. The van der Waals surface area contributed by atoms with Crippen LogP contribution in [-0.2, 0) is 9.53 Å². The van der Waals surface area contributed by atoms with Crippen molar-refractivity contribution in [2.24, 2.45) is 0 Å². The monoisotopic (exact) mass is 352 g/mol. The van der Waals surface area contributed by atoms with Crippen molar-refractivity contribution < 1.29 is 9.53 Å². The minimum atomic E-state index is -0.192. The van der Waals surface area contributed by atoms with Crippen molar-refractivity contribution in [3.8, 4) is 0 Å². The van der Waals surface area contributed by atoms with Gasteiger partial charge in [0.1, 0.15) is 0 Å². The fourth-order valence-corrected chi connectivity index (χ4v) is 3.05. The molecule has 2 nitrogen and oxygen atoms in total. The summed E-state index contributed by atoms with van der Waals surface area (Å²) in [4.78, 5) is 11.7. The lowest BCUT2D eigenvalue weighted by molar-refractivity contribution is -0.139. The van der Waals surface area contributed by atoms with Crippen LogP contribution in [0.25, 0.3) is 0 Å². The number of carbonyl (C=O) groups is 1. The van der Waals surface area contributed by atoms with Crippen LogP contribution in [0.5, 0.6) is 0 Å². The first kappa shape index (κ1) is 24.2. The van der Waals surface area contributed by atoms with E-state index in [-0.39, 0.29) is 5.97 Å². The molecular formula is C23H44O2. The molecule has 0 amide bonds. The Morgan fingerprint density at radius 2 is 1.04 bits per heavy atom. The van der Waals surface area contributed by atoms with Gasteiger partial charge in [-0.25, -0.2) is 4.79 Å². The number of esters is 1. The van der Waals surface area contributed by atoms with E-state index < -0.39 is 0 Å². The summed E-state index contributed by atoms with van der Waals surface area (Å²) in [5.74, 6) is -0.192. The molecular weight excluding hydrogens is 308 g/mol. The molecule has 0 aromatic heterocycles. The highest BCUT2D eigenvalue weighted by Crippen LogP contribution is 2.14. The first-order valence-electron chi connectivity index (χ1n) is 11.1. The summed E-state index contributed by atoms with van der Waals surface area (Å²) in [6, 6.07) is 0. The first-order valence-corrected chi connectivity index (χ1v) is 11.1. The van der Waals surface area contributed by atoms with Crippen molar-refractivity contribution in [3.63, 3.8) is 0 Å². The Labute approximate surface area is 157 Å². The lowest BCUT2D eigenvalue weighted by atomic mass is 10.0. The number of carbonyl (C=O) groups excluding carboxylic acids is 1. The van der Waals surface area contributed by atoms with E-state index in [2.05, 4.69) is 20.4 Å². The summed E-state index contributed by atoms with van der Waals surface area (Å²) in [5.41, 5.74) is 0.648. The van der Waals surface area contributed by atoms with Crippen molar-refractivity contribution in [2.75, 3.05) is 6.61 Å². The third kappa shape index (κ3) is 17.8. The van der Waals surface area contributed by atoms with Crippen molar-refractivity contribution in [2.45, 2.75) is 123 Å². The van der Waals surface area contributed by atoms with Gasteiger partial charge < -0.3 is 4.74 Å². The predicted octanol–water partition coefficient (Wildman–Crippen LogP) is 7.76. The maximum absolute atomic E-state index is 11.7. The zero-order valence-corrected chi connectivity index (χ0v) is 17.3. The topological polar surface area (TPSA) is 26.3 Å². The molecule has 0 bridgehead atoms. The highest BCUT2D eigenvalue weighted by Gasteiger charge is 2.07. The van der Waals surface area contributed by atoms with Crippen molar-refractivity contribution in [1.29, 1.82) is 0 Å². The summed E-state index contributed by atoms with van der Waals surface area (Å²) in [5, 5.41) is 0. The van der Waals surface area contributed by atoms with Gasteiger partial charge in [0.15, 0.2) is 0 Å². The second-order valence-corrected chi connectivity index (χ2v) is 7.44. The Morgan fingerprint density at radius 3 is 1.48 bits per heavy atom. The van der Waals surface area contributed by atoms with Gasteiger partial charge in [-0.3, -0.25) is 0 Å². The lowest BCUT2D eigenvalue weighted by Gasteiger charge is -2.06. The second-order valence-electron chi connectivity index (χ2n) is 7.44. The summed E-state index contributed by atoms with van der Waals surface area (Å²) < 4.78 is 5.18. The van der Waals surface area contributed by atoms with Crippen molar-refractivity contribution in [3.05, 3.63) is 12.2 Å². The van der Waals surface area contributed by atoms with Crippen LogP contribution in [0, 0.1) is 0 Å². The van der Waals surface area contributed by atoms with Gasteiger partial charge in [0.05, 0.1) is 6.61 Å². The van der Waals surface area contributed by atoms with Gasteiger partial charge >= 0.3 is 5.97 Å². The zero-order valence-electron chi connectivity index (χ0n) is 17.3. The maximum atomic E-state index is 11.7. The highest BCUT2D eigenvalue weighted by molar-refractivity contribution is 5.87. The smallest absolute Gasteiger partial charge is 0.333 e. The minimum absolute atomic E-state index is 0.192. The summed E-state index contributed by atoms with van der Waals surface area (Å²) in [7, 11) is 0. The molecule has 0 aliphatic carbocycles. The molecule has 0 spiro atoms. The summed E-state index contributed by atoms with van der Waals surface area (Å²) >= 11 is 0. The van der Waals surface area contributed by atoms with Crippen LogP contribution < -0.4 is 0 Å². The molecule has 148 valence electrons.